The Morgan fingerprint density at radius 1 is 1.29 bits per heavy atom. The van der Waals surface area contributed by atoms with Crippen LogP contribution in [-0.2, 0) is 0 Å². The second-order valence-electron chi connectivity index (χ2n) is 5.47. The van der Waals surface area contributed by atoms with Gasteiger partial charge in [0.25, 0.3) is 5.91 Å². The first kappa shape index (κ1) is 15.6. The number of benzene rings is 1. The minimum absolute atomic E-state index is 0.156. The molecule has 2 rings (SSSR count). The highest BCUT2D eigenvalue weighted by Crippen LogP contribution is 2.29. The van der Waals surface area contributed by atoms with E-state index in [2.05, 4.69) is 5.32 Å². The predicted octanol–water partition coefficient (Wildman–Crippen LogP) is 1.90. The van der Waals surface area contributed by atoms with Gasteiger partial charge < -0.3 is 19.9 Å². The Balaban J connectivity index is 2.08. The highest BCUT2D eigenvalue weighted by atomic mass is 16.5. The van der Waals surface area contributed by atoms with Gasteiger partial charge in [0.1, 0.15) is 11.5 Å². The van der Waals surface area contributed by atoms with E-state index in [0.717, 1.165) is 24.8 Å². The molecule has 0 aliphatic heterocycles. The van der Waals surface area contributed by atoms with Crippen LogP contribution in [-0.4, -0.2) is 37.9 Å². The SMILES string of the molecule is COc1cc(C(=O)NCC2CCCC2O)cc(OC)c1C. The van der Waals surface area contributed by atoms with Gasteiger partial charge in [-0.1, -0.05) is 6.42 Å². The molecule has 0 spiro atoms. The van der Waals surface area contributed by atoms with Crippen LogP contribution in [0.15, 0.2) is 12.1 Å². The fourth-order valence-corrected chi connectivity index (χ4v) is 2.80. The van der Waals surface area contributed by atoms with Gasteiger partial charge in [-0.05, 0) is 31.9 Å². The van der Waals surface area contributed by atoms with E-state index in [4.69, 9.17) is 9.47 Å². The largest absolute Gasteiger partial charge is 0.496 e. The summed E-state index contributed by atoms with van der Waals surface area (Å²) in [6, 6.07) is 3.41. The highest BCUT2D eigenvalue weighted by molar-refractivity contribution is 5.95. The van der Waals surface area contributed by atoms with Crippen LogP contribution in [0, 0.1) is 12.8 Å². The maximum absolute atomic E-state index is 12.3. The summed E-state index contributed by atoms with van der Waals surface area (Å²) in [5.74, 6) is 1.23. The van der Waals surface area contributed by atoms with Crippen molar-refractivity contribution in [3.8, 4) is 11.5 Å². The summed E-state index contributed by atoms with van der Waals surface area (Å²) in [6.07, 6.45) is 2.51. The van der Waals surface area contributed by atoms with E-state index in [1.165, 1.54) is 0 Å². The summed E-state index contributed by atoms with van der Waals surface area (Å²) in [4.78, 5) is 12.3. The molecule has 1 aromatic rings. The highest BCUT2D eigenvalue weighted by Gasteiger charge is 2.25. The first-order valence-corrected chi connectivity index (χ1v) is 7.25. The van der Waals surface area contributed by atoms with Crippen molar-refractivity contribution in [2.45, 2.75) is 32.3 Å². The number of methoxy groups -OCH3 is 2. The summed E-state index contributed by atoms with van der Waals surface area (Å²) in [6.45, 7) is 2.38. The van der Waals surface area contributed by atoms with Gasteiger partial charge in [0.15, 0.2) is 0 Å². The van der Waals surface area contributed by atoms with Crippen molar-refractivity contribution in [2.75, 3.05) is 20.8 Å². The Hall–Kier alpha value is -1.75. The third kappa shape index (κ3) is 3.47. The van der Waals surface area contributed by atoms with E-state index in [9.17, 15) is 9.90 Å². The van der Waals surface area contributed by atoms with E-state index in [1.807, 2.05) is 6.92 Å². The molecule has 1 saturated carbocycles. The lowest BCUT2D eigenvalue weighted by Gasteiger charge is -2.16. The predicted molar refractivity (Wildman–Crippen MR) is 80.0 cm³/mol. The van der Waals surface area contributed by atoms with Crippen molar-refractivity contribution >= 4 is 5.91 Å². The maximum atomic E-state index is 12.3. The molecule has 1 amide bonds. The topological polar surface area (TPSA) is 67.8 Å². The fourth-order valence-electron chi connectivity index (χ4n) is 2.80. The smallest absolute Gasteiger partial charge is 0.251 e. The number of aliphatic hydroxyl groups is 1. The van der Waals surface area contributed by atoms with E-state index < -0.39 is 0 Å². The van der Waals surface area contributed by atoms with Gasteiger partial charge in [0.05, 0.1) is 20.3 Å². The lowest BCUT2D eigenvalue weighted by Crippen LogP contribution is -2.32. The molecule has 2 atom stereocenters. The van der Waals surface area contributed by atoms with Gasteiger partial charge in [-0.15, -0.1) is 0 Å². The number of carbonyl (C=O) groups is 1. The van der Waals surface area contributed by atoms with Gasteiger partial charge in [0, 0.05) is 23.6 Å². The molecule has 1 aliphatic rings. The van der Waals surface area contributed by atoms with E-state index in [1.54, 1.807) is 26.4 Å². The van der Waals surface area contributed by atoms with Crippen molar-refractivity contribution in [1.29, 1.82) is 0 Å². The number of hydrogen-bond acceptors (Lipinski definition) is 4. The third-order valence-electron chi connectivity index (χ3n) is 4.16. The van der Waals surface area contributed by atoms with Crippen LogP contribution >= 0.6 is 0 Å². The average Bonchev–Trinajstić information content (AvgIpc) is 2.90. The third-order valence-corrected chi connectivity index (χ3v) is 4.16. The van der Waals surface area contributed by atoms with E-state index in [-0.39, 0.29) is 17.9 Å². The number of aliphatic hydroxyl groups excluding tert-OH is 1. The Morgan fingerprint density at radius 2 is 1.90 bits per heavy atom. The molecule has 0 aromatic heterocycles. The monoisotopic (exact) mass is 293 g/mol. The van der Waals surface area contributed by atoms with Crippen molar-refractivity contribution in [1.82, 2.24) is 5.32 Å². The van der Waals surface area contributed by atoms with Crippen LogP contribution < -0.4 is 14.8 Å². The molecule has 5 heteroatoms. The van der Waals surface area contributed by atoms with Crippen molar-refractivity contribution in [2.24, 2.45) is 5.92 Å². The van der Waals surface area contributed by atoms with Crippen LogP contribution in [0.2, 0.25) is 0 Å². The number of nitrogens with one attached hydrogen (secondary N) is 1. The van der Waals surface area contributed by atoms with Gasteiger partial charge in [0.2, 0.25) is 0 Å². The zero-order valence-corrected chi connectivity index (χ0v) is 12.8. The molecule has 21 heavy (non-hydrogen) atoms. The van der Waals surface area contributed by atoms with E-state index >= 15 is 0 Å². The fraction of sp³-hybridized carbons (Fsp3) is 0.562. The van der Waals surface area contributed by atoms with Crippen LogP contribution in [0.1, 0.15) is 35.2 Å². The zero-order chi connectivity index (χ0) is 15.4. The second-order valence-corrected chi connectivity index (χ2v) is 5.47. The summed E-state index contributed by atoms with van der Waals surface area (Å²) < 4.78 is 10.5. The molecule has 0 saturated heterocycles. The minimum atomic E-state index is -0.299. The number of rotatable bonds is 5. The number of hydrogen-bond donors (Lipinski definition) is 2. The zero-order valence-electron chi connectivity index (χ0n) is 12.8. The number of ether oxygens (including phenoxy) is 2. The lowest BCUT2D eigenvalue weighted by atomic mass is 10.1. The Morgan fingerprint density at radius 3 is 2.38 bits per heavy atom. The first-order valence-electron chi connectivity index (χ1n) is 7.25. The first-order chi connectivity index (χ1) is 10.1. The molecular formula is C16H23NO4. The summed E-state index contributed by atoms with van der Waals surface area (Å²) in [7, 11) is 3.14. The standard InChI is InChI=1S/C16H23NO4/c1-10-14(20-2)7-12(8-15(10)21-3)16(19)17-9-11-5-4-6-13(11)18/h7-8,11,13,18H,4-6,9H2,1-3H3,(H,17,19). The molecule has 1 aliphatic carbocycles. The number of carbonyl (C=O) groups excluding carboxylic acids is 1. The lowest BCUT2D eigenvalue weighted by molar-refractivity contribution is 0.0916. The van der Waals surface area contributed by atoms with Crippen LogP contribution in [0.4, 0.5) is 0 Å². The van der Waals surface area contributed by atoms with Crippen LogP contribution in [0.3, 0.4) is 0 Å². The Bertz CT molecular complexity index is 490. The molecule has 0 heterocycles. The molecule has 0 radical (unpaired) electrons. The van der Waals surface area contributed by atoms with Gasteiger partial charge in [-0.3, -0.25) is 4.79 Å². The molecule has 1 fully saturated rings. The van der Waals surface area contributed by atoms with Gasteiger partial charge in [-0.2, -0.15) is 0 Å². The summed E-state index contributed by atoms with van der Waals surface area (Å²) >= 11 is 0. The number of amides is 1. The molecule has 2 unspecified atom stereocenters. The van der Waals surface area contributed by atoms with E-state index in [0.29, 0.717) is 23.6 Å². The van der Waals surface area contributed by atoms with Crippen molar-refractivity contribution < 1.29 is 19.4 Å². The second kappa shape index (κ2) is 6.80. The van der Waals surface area contributed by atoms with Gasteiger partial charge in [-0.25, -0.2) is 0 Å². The molecular weight excluding hydrogens is 270 g/mol. The molecule has 116 valence electrons. The van der Waals surface area contributed by atoms with Crippen molar-refractivity contribution in [3.63, 3.8) is 0 Å². The normalized spacial score (nSPS) is 21.1. The quantitative estimate of drug-likeness (QED) is 0.870. The molecule has 1 aromatic carbocycles. The van der Waals surface area contributed by atoms with Crippen LogP contribution in [0.5, 0.6) is 11.5 Å². The summed E-state index contributed by atoms with van der Waals surface area (Å²) in [5.41, 5.74) is 1.37. The van der Waals surface area contributed by atoms with Crippen LogP contribution in [0.25, 0.3) is 0 Å². The average molecular weight is 293 g/mol. The Labute approximate surface area is 125 Å². The Kier molecular flexibility index (Phi) is 5.07. The minimum Gasteiger partial charge on any atom is -0.496 e. The molecule has 5 nitrogen and oxygen atoms in total. The van der Waals surface area contributed by atoms with Gasteiger partial charge >= 0.3 is 0 Å². The van der Waals surface area contributed by atoms with Crippen molar-refractivity contribution in [3.05, 3.63) is 23.3 Å². The summed E-state index contributed by atoms with van der Waals surface area (Å²) in [5, 5.41) is 12.7. The maximum Gasteiger partial charge on any atom is 0.251 e. The molecule has 2 N–H and O–H groups in total. The molecule has 0 bridgehead atoms.